The SMILES string of the molecule is Cc1cc(C(C)NC(=O)c2ccc(C)c(Br)c2)c(C)s1. The number of carbonyl (C=O) groups excluding carboxylic acids is 1. The third-order valence-electron chi connectivity index (χ3n) is 3.33. The summed E-state index contributed by atoms with van der Waals surface area (Å²) in [7, 11) is 0. The van der Waals surface area contributed by atoms with Crippen molar-refractivity contribution in [3.63, 3.8) is 0 Å². The minimum absolute atomic E-state index is 0.0209. The summed E-state index contributed by atoms with van der Waals surface area (Å²) in [5.74, 6) is -0.0403. The summed E-state index contributed by atoms with van der Waals surface area (Å²) in [5, 5.41) is 3.06. The first kappa shape index (κ1) is 15.3. The van der Waals surface area contributed by atoms with Crippen LogP contribution in [0.25, 0.3) is 0 Å². The molecule has 1 atom stereocenters. The van der Waals surface area contributed by atoms with Crippen LogP contribution >= 0.6 is 27.3 Å². The van der Waals surface area contributed by atoms with E-state index in [1.165, 1.54) is 15.3 Å². The number of benzene rings is 1. The van der Waals surface area contributed by atoms with Crippen LogP contribution in [0.1, 0.15) is 44.2 Å². The minimum atomic E-state index is -0.0403. The number of hydrogen-bond acceptors (Lipinski definition) is 2. The van der Waals surface area contributed by atoms with E-state index in [1.807, 2.05) is 32.0 Å². The highest BCUT2D eigenvalue weighted by Crippen LogP contribution is 2.26. The van der Waals surface area contributed by atoms with Gasteiger partial charge in [-0.15, -0.1) is 11.3 Å². The Hall–Kier alpha value is -1.13. The van der Waals surface area contributed by atoms with E-state index in [1.54, 1.807) is 11.3 Å². The molecule has 0 aliphatic rings. The van der Waals surface area contributed by atoms with E-state index in [0.717, 1.165) is 10.0 Å². The predicted octanol–water partition coefficient (Wildman–Crippen LogP) is 4.93. The molecule has 20 heavy (non-hydrogen) atoms. The number of thiophene rings is 1. The summed E-state index contributed by atoms with van der Waals surface area (Å²) in [6.07, 6.45) is 0. The third kappa shape index (κ3) is 3.30. The van der Waals surface area contributed by atoms with Gasteiger partial charge in [0.1, 0.15) is 0 Å². The summed E-state index contributed by atoms with van der Waals surface area (Å²) in [6.45, 7) is 8.21. The monoisotopic (exact) mass is 351 g/mol. The molecule has 2 rings (SSSR count). The van der Waals surface area contributed by atoms with E-state index in [-0.39, 0.29) is 11.9 Å². The van der Waals surface area contributed by atoms with E-state index < -0.39 is 0 Å². The fourth-order valence-corrected chi connectivity index (χ4v) is 3.57. The van der Waals surface area contributed by atoms with Gasteiger partial charge in [0.25, 0.3) is 5.91 Å². The van der Waals surface area contributed by atoms with Crippen molar-refractivity contribution in [3.8, 4) is 0 Å². The Kier molecular flexibility index (Phi) is 4.66. The molecule has 1 amide bonds. The number of hydrogen-bond donors (Lipinski definition) is 1. The Bertz CT molecular complexity index is 648. The van der Waals surface area contributed by atoms with Crippen LogP contribution < -0.4 is 5.32 Å². The molecule has 2 aromatic rings. The highest BCUT2D eigenvalue weighted by Gasteiger charge is 2.15. The van der Waals surface area contributed by atoms with Crippen molar-refractivity contribution < 1.29 is 4.79 Å². The minimum Gasteiger partial charge on any atom is -0.345 e. The van der Waals surface area contributed by atoms with Crippen LogP contribution in [0.5, 0.6) is 0 Å². The molecule has 1 aromatic heterocycles. The Labute approximate surface area is 132 Å². The van der Waals surface area contributed by atoms with Crippen LogP contribution in [0.15, 0.2) is 28.7 Å². The molecule has 2 nitrogen and oxygen atoms in total. The van der Waals surface area contributed by atoms with Crippen molar-refractivity contribution >= 4 is 33.2 Å². The molecule has 1 unspecified atom stereocenters. The molecule has 1 heterocycles. The van der Waals surface area contributed by atoms with Gasteiger partial charge in [-0.25, -0.2) is 0 Å². The second-order valence-corrected chi connectivity index (χ2v) is 7.34. The number of rotatable bonds is 3. The smallest absolute Gasteiger partial charge is 0.251 e. The maximum absolute atomic E-state index is 12.3. The Morgan fingerprint density at radius 1 is 1.25 bits per heavy atom. The Morgan fingerprint density at radius 2 is 1.95 bits per heavy atom. The van der Waals surface area contributed by atoms with E-state index in [2.05, 4.69) is 41.2 Å². The van der Waals surface area contributed by atoms with Gasteiger partial charge in [-0.05, 0) is 57.0 Å². The van der Waals surface area contributed by atoms with Crippen LogP contribution in [-0.2, 0) is 0 Å². The van der Waals surface area contributed by atoms with Crippen molar-refractivity contribution in [2.24, 2.45) is 0 Å². The van der Waals surface area contributed by atoms with Gasteiger partial charge < -0.3 is 5.32 Å². The summed E-state index contributed by atoms with van der Waals surface area (Å²) in [4.78, 5) is 14.8. The average molecular weight is 352 g/mol. The zero-order valence-electron chi connectivity index (χ0n) is 12.1. The largest absolute Gasteiger partial charge is 0.345 e. The second kappa shape index (κ2) is 6.10. The molecule has 0 radical (unpaired) electrons. The molecular formula is C16H18BrNOS. The van der Waals surface area contributed by atoms with Crippen molar-refractivity contribution in [1.29, 1.82) is 0 Å². The van der Waals surface area contributed by atoms with Crippen LogP contribution in [0, 0.1) is 20.8 Å². The zero-order chi connectivity index (χ0) is 14.9. The number of nitrogens with one attached hydrogen (secondary N) is 1. The van der Waals surface area contributed by atoms with Crippen LogP contribution in [0.4, 0.5) is 0 Å². The van der Waals surface area contributed by atoms with Gasteiger partial charge in [0, 0.05) is 19.8 Å². The van der Waals surface area contributed by atoms with Crippen molar-refractivity contribution in [1.82, 2.24) is 5.32 Å². The number of carbonyl (C=O) groups is 1. The fourth-order valence-electron chi connectivity index (χ4n) is 2.17. The second-order valence-electron chi connectivity index (χ2n) is 5.03. The summed E-state index contributed by atoms with van der Waals surface area (Å²) < 4.78 is 0.959. The molecule has 0 fully saturated rings. The molecule has 0 aliphatic carbocycles. The Morgan fingerprint density at radius 3 is 2.50 bits per heavy atom. The topological polar surface area (TPSA) is 29.1 Å². The number of amides is 1. The fraction of sp³-hybridized carbons (Fsp3) is 0.312. The lowest BCUT2D eigenvalue weighted by Gasteiger charge is -2.14. The lowest BCUT2D eigenvalue weighted by atomic mass is 10.1. The van der Waals surface area contributed by atoms with Gasteiger partial charge in [0.2, 0.25) is 0 Å². The van der Waals surface area contributed by atoms with E-state index in [9.17, 15) is 4.79 Å². The number of aryl methyl sites for hydroxylation is 3. The highest BCUT2D eigenvalue weighted by molar-refractivity contribution is 9.10. The zero-order valence-corrected chi connectivity index (χ0v) is 14.5. The molecule has 0 aliphatic heterocycles. The first-order chi connectivity index (χ1) is 9.38. The summed E-state index contributed by atoms with van der Waals surface area (Å²) in [5.41, 5.74) is 3.00. The first-order valence-electron chi connectivity index (χ1n) is 6.52. The highest BCUT2D eigenvalue weighted by atomic mass is 79.9. The molecular weight excluding hydrogens is 334 g/mol. The van der Waals surface area contributed by atoms with E-state index in [0.29, 0.717) is 5.56 Å². The van der Waals surface area contributed by atoms with Crippen LogP contribution in [-0.4, -0.2) is 5.91 Å². The van der Waals surface area contributed by atoms with Crippen molar-refractivity contribution in [3.05, 3.63) is 55.2 Å². The Balaban J connectivity index is 2.15. The van der Waals surface area contributed by atoms with Crippen LogP contribution in [0.2, 0.25) is 0 Å². The van der Waals surface area contributed by atoms with Crippen molar-refractivity contribution in [2.75, 3.05) is 0 Å². The van der Waals surface area contributed by atoms with E-state index in [4.69, 9.17) is 0 Å². The third-order valence-corrected chi connectivity index (χ3v) is 5.16. The van der Waals surface area contributed by atoms with E-state index >= 15 is 0 Å². The van der Waals surface area contributed by atoms with Crippen molar-refractivity contribution in [2.45, 2.75) is 33.7 Å². The van der Waals surface area contributed by atoms with Gasteiger partial charge in [0.15, 0.2) is 0 Å². The number of halogens is 1. The molecule has 1 aromatic carbocycles. The van der Waals surface area contributed by atoms with Gasteiger partial charge >= 0.3 is 0 Å². The summed E-state index contributed by atoms with van der Waals surface area (Å²) >= 11 is 5.23. The molecule has 0 saturated carbocycles. The average Bonchev–Trinajstić information content (AvgIpc) is 2.71. The normalized spacial score (nSPS) is 12.2. The van der Waals surface area contributed by atoms with Gasteiger partial charge in [0.05, 0.1) is 6.04 Å². The molecule has 0 bridgehead atoms. The van der Waals surface area contributed by atoms with Gasteiger partial charge in [-0.2, -0.15) is 0 Å². The quantitative estimate of drug-likeness (QED) is 0.834. The lowest BCUT2D eigenvalue weighted by Crippen LogP contribution is -2.26. The molecule has 0 saturated heterocycles. The molecule has 0 spiro atoms. The summed E-state index contributed by atoms with van der Waals surface area (Å²) in [6, 6.07) is 7.84. The van der Waals surface area contributed by atoms with Gasteiger partial charge in [-0.1, -0.05) is 22.0 Å². The lowest BCUT2D eigenvalue weighted by molar-refractivity contribution is 0.0940. The maximum Gasteiger partial charge on any atom is 0.251 e. The molecule has 1 N–H and O–H groups in total. The molecule has 4 heteroatoms. The van der Waals surface area contributed by atoms with Gasteiger partial charge in [-0.3, -0.25) is 4.79 Å². The molecule has 106 valence electrons. The first-order valence-corrected chi connectivity index (χ1v) is 8.13. The predicted molar refractivity (Wildman–Crippen MR) is 88.6 cm³/mol. The standard InChI is InChI=1S/C16H18BrNOS/c1-9-5-6-13(8-15(9)17)16(19)18-11(3)14-7-10(2)20-12(14)4/h5-8,11H,1-4H3,(H,18,19). The maximum atomic E-state index is 12.3. The van der Waals surface area contributed by atoms with Crippen LogP contribution in [0.3, 0.4) is 0 Å².